The van der Waals surface area contributed by atoms with Gasteiger partial charge in [0.1, 0.15) is 0 Å². The molecule has 4 N–H and O–H groups in total. The lowest BCUT2D eigenvalue weighted by molar-refractivity contribution is 0.367. The van der Waals surface area contributed by atoms with Gasteiger partial charge in [-0.3, -0.25) is 0 Å². The maximum atomic E-state index is 9.14. The van der Waals surface area contributed by atoms with Crippen LogP contribution in [-0.2, 0) is 6.54 Å². The molecule has 0 fully saturated rings. The van der Waals surface area contributed by atoms with Crippen molar-refractivity contribution >= 4 is 0 Å². The van der Waals surface area contributed by atoms with E-state index in [1.807, 2.05) is 6.92 Å². The van der Waals surface area contributed by atoms with Crippen LogP contribution in [-0.4, -0.2) is 21.9 Å². The second-order valence-electron chi connectivity index (χ2n) is 2.76. The summed E-state index contributed by atoms with van der Waals surface area (Å²) in [4.78, 5) is 0. The zero-order valence-corrected chi connectivity index (χ0v) is 7.41. The van der Waals surface area contributed by atoms with Crippen LogP contribution in [0.1, 0.15) is 12.5 Å². The average molecular weight is 183 g/mol. The van der Waals surface area contributed by atoms with Crippen LogP contribution < -0.4 is 5.32 Å². The van der Waals surface area contributed by atoms with E-state index in [9.17, 15) is 0 Å². The van der Waals surface area contributed by atoms with Crippen molar-refractivity contribution in [2.24, 2.45) is 0 Å². The fourth-order valence-electron chi connectivity index (χ4n) is 1.03. The molecule has 0 saturated carbocycles. The lowest BCUT2D eigenvalue weighted by atomic mass is 10.2. The minimum Gasteiger partial charge on any atom is -0.504 e. The molecule has 1 aromatic rings. The number of rotatable bonds is 3. The van der Waals surface area contributed by atoms with Crippen LogP contribution in [0.25, 0.3) is 0 Å². The monoisotopic (exact) mass is 183 g/mol. The minimum atomic E-state index is -0.472. The molecule has 72 valence electrons. The first-order valence-corrected chi connectivity index (χ1v) is 4.09. The molecule has 0 saturated heterocycles. The minimum absolute atomic E-state index is 0.298. The van der Waals surface area contributed by atoms with E-state index in [-0.39, 0.29) is 11.5 Å². The summed E-state index contributed by atoms with van der Waals surface area (Å²) in [6.07, 6.45) is 0. The van der Waals surface area contributed by atoms with E-state index in [1.54, 1.807) is 0 Å². The highest BCUT2D eigenvalue weighted by Gasteiger charge is 2.06. The van der Waals surface area contributed by atoms with Crippen LogP contribution in [0.2, 0.25) is 0 Å². The molecule has 4 heteroatoms. The molecule has 0 aliphatic carbocycles. The number of benzene rings is 1. The van der Waals surface area contributed by atoms with Gasteiger partial charge in [0.05, 0.1) is 0 Å². The summed E-state index contributed by atoms with van der Waals surface area (Å²) in [5, 5.41) is 30.4. The predicted molar refractivity (Wildman–Crippen MR) is 48.8 cm³/mol. The quantitative estimate of drug-likeness (QED) is 0.526. The molecule has 1 rings (SSSR count). The number of hydrogen-bond donors (Lipinski definition) is 4. The standard InChI is InChI=1S/C9H13NO3/c1-2-10-5-6-3-7(11)9(13)8(12)4-6/h3-4,10-13H,2,5H2,1H3. The summed E-state index contributed by atoms with van der Waals surface area (Å²) in [5.41, 5.74) is 0.731. The molecule has 0 spiro atoms. The summed E-state index contributed by atoms with van der Waals surface area (Å²) in [5.74, 6) is -1.07. The van der Waals surface area contributed by atoms with Crippen molar-refractivity contribution in [2.75, 3.05) is 6.54 Å². The molecule has 0 aliphatic heterocycles. The third-order valence-corrected chi connectivity index (χ3v) is 1.71. The van der Waals surface area contributed by atoms with E-state index in [2.05, 4.69) is 5.32 Å². The predicted octanol–water partition coefficient (Wildman–Crippen LogP) is 0.913. The summed E-state index contributed by atoms with van der Waals surface area (Å²) in [6.45, 7) is 3.32. The molecule has 1 aromatic carbocycles. The fourth-order valence-corrected chi connectivity index (χ4v) is 1.03. The Kier molecular flexibility index (Phi) is 2.97. The van der Waals surface area contributed by atoms with Gasteiger partial charge in [0.2, 0.25) is 0 Å². The van der Waals surface area contributed by atoms with Gasteiger partial charge in [0.25, 0.3) is 0 Å². The van der Waals surface area contributed by atoms with Crippen molar-refractivity contribution < 1.29 is 15.3 Å². The Bertz CT molecular complexity index is 276. The summed E-state index contributed by atoms with van der Waals surface area (Å²) >= 11 is 0. The molecule has 0 aliphatic rings. The normalized spacial score (nSPS) is 10.2. The molecule has 0 aromatic heterocycles. The first-order valence-electron chi connectivity index (χ1n) is 4.09. The Morgan fingerprint density at radius 2 is 1.69 bits per heavy atom. The van der Waals surface area contributed by atoms with Crippen molar-refractivity contribution in [3.05, 3.63) is 17.7 Å². The fraction of sp³-hybridized carbons (Fsp3) is 0.333. The number of aromatic hydroxyl groups is 3. The van der Waals surface area contributed by atoms with Crippen LogP contribution >= 0.6 is 0 Å². The van der Waals surface area contributed by atoms with Crippen molar-refractivity contribution in [1.29, 1.82) is 0 Å². The second kappa shape index (κ2) is 4.00. The summed E-state index contributed by atoms with van der Waals surface area (Å²) in [6, 6.07) is 2.83. The Morgan fingerprint density at radius 3 is 2.15 bits per heavy atom. The van der Waals surface area contributed by atoms with Gasteiger partial charge in [-0.15, -0.1) is 0 Å². The van der Waals surface area contributed by atoms with Gasteiger partial charge < -0.3 is 20.6 Å². The van der Waals surface area contributed by atoms with Gasteiger partial charge >= 0.3 is 0 Å². The van der Waals surface area contributed by atoms with Gasteiger partial charge in [-0.05, 0) is 24.2 Å². The van der Waals surface area contributed by atoms with E-state index >= 15 is 0 Å². The Morgan fingerprint density at radius 1 is 1.15 bits per heavy atom. The van der Waals surface area contributed by atoms with Crippen molar-refractivity contribution in [1.82, 2.24) is 5.32 Å². The zero-order valence-electron chi connectivity index (χ0n) is 7.41. The molecular formula is C9H13NO3. The Labute approximate surface area is 76.5 Å². The van der Waals surface area contributed by atoms with Gasteiger partial charge in [-0.2, -0.15) is 0 Å². The SMILES string of the molecule is CCNCc1cc(O)c(O)c(O)c1. The van der Waals surface area contributed by atoms with Crippen LogP contribution in [0.15, 0.2) is 12.1 Å². The van der Waals surface area contributed by atoms with Crippen LogP contribution in [0.3, 0.4) is 0 Å². The molecule has 4 nitrogen and oxygen atoms in total. The number of phenolic OH excluding ortho intramolecular Hbond substituents is 3. The highest BCUT2D eigenvalue weighted by molar-refractivity contribution is 5.50. The van der Waals surface area contributed by atoms with E-state index in [1.165, 1.54) is 12.1 Å². The van der Waals surface area contributed by atoms with E-state index in [0.717, 1.165) is 12.1 Å². The van der Waals surface area contributed by atoms with E-state index in [4.69, 9.17) is 15.3 Å². The van der Waals surface area contributed by atoms with Crippen LogP contribution in [0.5, 0.6) is 17.2 Å². The first-order chi connectivity index (χ1) is 6.15. The largest absolute Gasteiger partial charge is 0.504 e. The van der Waals surface area contributed by atoms with Crippen LogP contribution in [0.4, 0.5) is 0 Å². The molecule has 0 heterocycles. The van der Waals surface area contributed by atoms with E-state index < -0.39 is 5.75 Å². The maximum Gasteiger partial charge on any atom is 0.200 e. The third-order valence-electron chi connectivity index (χ3n) is 1.71. The second-order valence-corrected chi connectivity index (χ2v) is 2.76. The van der Waals surface area contributed by atoms with Gasteiger partial charge in [-0.25, -0.2) is 0 Å². The molecule has 0 amide bonds. The van der Waals surface area contributed by atoms with Crippen molar-refractivity contribution in [3.8, 4) is 17.2 Å². The number of phenols is 3. The third kappa shape index (κ3) is 2.26. The lowest BCUT2D eigenvalue weighted by Crippen LogP contribution is -2.11. The lowest BCUT2D eigenvalue weighted by Gasteiger charge is -2.05. The van der Waals surface area contributed by atoms with Crippen molar-refractivity contribution in [2.45, 2.75) is 13.5 Å². The summed E-state index contributed by atoms with van der Waals surface area (Å²) < 4.78 is 0. The molecule has 0 unspecified atom stereocenters. The van der Waals surface area contributed by atoms with Gasteiger partial charge in [-0.1, -0.05) is 6.92 Å². The topological polar surface area (TPSA) is 72.7 Å². The zero-order chi connectivity index (χ0) is 9.84. The molecular weight excluding hydrogens is 170 g/mol. The molecule has 13 heavy (non-hydrogen) atoms. The maximum absolute atomic E-state index is 9.14. The molecule has 0 radical (unpaired) electrons. The Hall–Kier alpha value is -1.42. The molecule has 0 atom stereocenters. The van der Waals surface area contributed by atoms with Crippen molar-refractivity contribution in [3.63, 3.8) is 0 Å². The van der Waals surface area contributed by atoms with E-state index in [0.29, 0.717) is 6.54 Å². The van der Waals surface area contributed by atoms with Gasteiger partial charge in [0, 0.05) is 6.54 Å². The highest BCUT2D eigenvalue weighted by atomic mass is 16.3. The smallest absolute Gasteiger partial charge is 0.200 e. The Balaban J connectivity index is 2.86. The molecule has 0 bridgehead atoms. The van der Waals surface area contributed by atoms with Crippen LogP contribution in [0, 0.1) is 0 Å². The summed E-state index contributed by atoms with van der Waals surface area (Å²) in [7, 11) is 0. The number of hydrogen-bond acceptors (Lipinski definition) is 4. The number of nitrogens with one attached hydrogen (secondary N) is 1. The average Bonchev–Trinajstić information content (AvgIpc) is 2.10. The highest BCUT2D eigenvalue weighted by Crippen LogP contribution is 2.35. The first kappa shape index (κ1) is 9.67. The van der Waals surface area contributed by atoms with Gasteiger partial charge in [0.15, 0.2) is 17.2 Å².